The Kier molecular flexibility index (Phi) is 2.60. The minimum atomic E-state index is 0.00120. The lowest BCUT2D eigenvalue weighted by Gasteiger charge is -2.13. The van der Waals surface area contributed by atoms with Crippen LogP contribution in [0.25, 0.3) is 0 Å². The first-order chi connectivity index (χ1) is 6.27. The van der Waals surface area contributed by atoms with E-state index in [1.807, 2.05) is 11.5 Å². The van der Waals surface area contributed by atoms with Crippen LogP contribution >= 0.6 is 27.3 Å². The Bertz CT molecular complexity index is 358. The first-order valence-electron chi connectivity index (χ1n) is 4.06. The van der Waals surface area contributed by atoms with Crippen LogP contribution in [0.5, 0.6) is 0 Å². The molecular formula is C9H8BrNOS. The van der Waals surface area contributed by atoms with E-state index in [0.29, 0.717) is 6.42 Å². The van der Waals surface area contributed by atoms with Crippen molar-refractivity contribution in [3.63, 3.8) is 0 Å². The van der Waals surface area contributed by atoms with E-state index in [-0.39, 0.29) is 11.7 Å². The number of allylic oxidation sites excluding steroid dienone is 2. The molecule has 1 heterocycles. The predicted molar refractivity (Wildman–Crippen MR) is 55.9 cm³/mol. The lowest BCUT2D eigenvalue weighted by Crippen LogP contribution is -2.13. The van der Waals surface area contributed by atoms with Gasteiger partial charge in [0.1, 0.15) is 15.4 Å². The Morgan fingerprint density at radius 2 is 2.38 bits per heavy atom. The number of Topliss-reactive ketones (excluding diaryl/α,β-unsaturated/α-hetero) is 1. The molecule has 0 N–H and O–H groups in total. The molecule has 0 bridgehead atoms. The molecule has 0 spiro atoms. The summed E-state index contributed by atoms with van der Waals surface area (Å²) in [5, 5.41) is 2.85. The average molecular weight is 258 g/mol. The summed E-state index contributed by atoms with van der Waals surface area (Å²) in [5.41, 5.74) is 0. The van der Waals surface area contributed by atoms with Crippen LogP contribution in [0.4, 0.5) is 0 Å². The van der Waals surface area contributed by atoms with E-state index >= 15 is 0 Å². The van der Waals surface area contributed by atoms with Gasteiger partial charge < -0.3 is 0 Å². The second-order valence-corrected chi connectivity index (χ2v) is 4.64. The standard InChI is InChI=1S/C9H8BrNOS/c10-8-5-13-9(11-8)6-3-1-2-4-7(6)12/h1-2,5-6H,3-4H2. The third-order valence-electron chi connectivity index (χ3n) is 2.04. The molecule has 13 heavy (non-hydrogen) atoms. The fourth-order valence-corrected chi connectivity index (χ4v) is 2.77. The predicted octanol–water partition coefficient (Wildman–Crippen LogP) is 2.91. The van der Waals surface area contributed by atoms with Crippen LogP contribution in [0.3, 0.4) is 0 Å². The minimum absolute atomic E-state index is 0.00120. The van der Waals surface area contributed by atoms with E-state index in [1.165, 1.54) is 0 Å². The van der Waals surface area contributed by atoms with Gasteiger partial charge in [-0.3, -0.25) is 4.79 Å². The van der Waals surface area contributed by atoms with Gasteiger partial charge in [-0.1, -0.05) is 12.2 Å². The van der Waals surface area contributed by atoms with Crippen molar-refractivity contribution in [3.8, 4) is 0 Å². The highest BCUT2D eigenvalue weighted by molar-refractivity contribution is 9.10. The largest absolute Gasteiger partial charge is 0.299 e. The van der Waals surface area contributed by atoms with Crippen molar-refractivity contribution in [1.82, 2.24) is 4.98 Å². The molecule has 4 heteroatoms. The molecule has 1 aromatic heterocycles. The van der Waals surface area contributed by atoms with Crippen LogP contribution in [0.1, 0.15) is 23.8 Å². The van der Waals surface area contributed by atoms with Gasteiger partial charge >= 0.3 is 0 Å². The Hall–Kier alpha value is -0.480. The molecule has 1 unspecified atom stereocenters. The van der Waals surface area contributed by atoms with Gasteiger partial charge in [-0.25, -0.2) is 4.98 Å². The molecule has 1 aromatic rings. The van der Waals surface area contributed by atoms with Gasteiger partial charge in [0.05, 0.1) is 5.92 Å². The summed E-state index contributed by atoms with van der Waals surface area (Å²) in [6.45, 7) is 0. The highest BCUT2D eigenvalue weighted by Crippen LogP contribution is 2.29. The van der Waals surface area contributed by atoms with E-state index in [4.69, 9.17) is 0 Å². The first kappa shape index (κ1) is 9.09. The van der Waals surface area contributed by atoms with Crippen molar-refractivity contribution < 1.29 is 4.79 Å². The molecule has 2 rings (SSSR count). The Labute approximate surface area is 88.8 Å². The fraction of sp³-hybridized carbons (Fsp3) is 0.333. The number of thiazole rings is 1. The summed E-state index contributed by atoms with van der Waals surface area (Å²) < 4.78 is 0.829. The van der Waals surface area contributed by atoms with Crippen LogP contribution < -0.4 is 0 Å². The van der Waals surface area contributed by atoms with Gasteiger partial charge in [0, 0.05) is 11.8 Å². The molecule has 1 aliphatic rings. The Morgan fingerprint density at radius 3 is 3.00 bits per heavy atom. The third kappa shape index (κ3) is 1.89. The number of carbonyl (C=O) groups is 1. The highest BCUT2D eigenvalue weighted by atomic mass is 79.9. The zero-order chi connectivity index (χ0) is 9.26. The molecular weight excluding hydrogens is 250 g/mol. The molecule has 68 valence electrons. The van der Waals surface area contributed by atoms with E-state index in [2.05, 4.69) is 27.0 Å². The van der Waals surface area contributed by atoms with Crippen LogP contribution in [0.2, 0.25) is 0 Å². The van der Waals surface area contributed by atoms with Crippen molar-refractivity contribution in [3.05, 3.63) is 27.1 Å². The number of hydrogen-bond donors (Lipinski definition) is 0. The van der Waals surface area contributed by atoms with E-state index in [1.54, 1.807) is 11.3 Å². The normalized spacial score (nSPS) is 22.2. The summed E-state index contributed by atoms with van der Waals surface area (Å²) in [5.74, 6) is 0.283. The van der Waals surface area contributed by atoms with Crippen molar-refractivity contribution >= 4 is 33.0 Å². The zero-order valence-electron chi connectivity index (χ0n) is 6.87. The fourth-order valence-electron chi connectivity index (χ4n) is 1.37. The van der Waals surface area contributed by atoms with Crippen molar-refractivity contribution in [2.75, 3.05) is 0 Å². The van der Waals surface area contributed by atoms with Crippen molar-refractivity contribution in [1.29, 1.82) is 0 Å². The topological polar surface area (TPSA) is 30.0 Å². The summed E-state index contributed by atoms with van der Waals surface area (Å²) in [6.07, 6.45) is 5.35. The Morgan fingerprint density at radius 1 is 1.54 bits per heavy atom. The van der Waals surface area contributed by atoms with Crippen LogP contribution in [-0.2, 0) is 4.79 Å². The summed E-state index contributed by atoms with van der Waals surface area (Å²) >= 11 is 4.84. The summed E-state index contributed by atoms with van der Waals surface area (Å²) in [4.78, 5) is 15.8. The summed E-state index contributed by atoms with van der Waals surface area (Å²) in [6, 6.07) is 0. The average Bonchev–Trinajstić information content (AvgIpc) is 2.53. The van der Waals surface area contributed by atoms with Gasteiger partial charge in [0.15, 0.2) is 0 Å². The zero-order valence-corrected chi connectivity index (χ0v) is 9.27. The number of nitrogens with zero attached hydrogens (tertiary/aromatic N) is 1. The molecule has 2 nitrogen and oxygen atoms in total. The lowest BCUT2D eigenvalue weighted by molar-refractivity contribution is -0.119. The van der Waals surface area contributed by atoms with Crippen molar-refractivity contribution in [2.45, 2.75) is 18.8 Å². The van der Waals surface area contributed by atoms with Gasteiger partial charge in [0.2, 0.25) is 0 Å². The maximum atomic E-state index is 11.5. The molecule has 0 radical (unpaired) electrons. The smallest absolute Gasteiger partial charge is 0.146 e. The second kappa shape index (κ2) is 3.72. The summed E-state index contributed by atoms with van der Waals surface area (Å²) in [7, 11) is 0. The lowest BCUT2D eigenvalue weighted by atomic mass is 9.94. The molecule has 0 amide bonds. The second-order valence-electron chi connectivity index (χ2n) is 2.94. The molecule has 0 saturated heterocycles. The van der Waals surface area contributed by atoms with Gasteiger partial charge in [-0.05, 0) is 22.4 Å². The third-order valence-corrected chi connectivity index (χ3v) is 3.71. The van der Waals surface area contributed by atoms with Crippen molar-refractivity contribution in [2.24, 2.45) is 0 Å². The van der Waals surface area contributed by atoms with E-state index in [9.17, 15) is 4.79 Å². The molecule has 0 saturated carbocycles. The van der Waals surface area contributed by atoms with E-state index < -0.39 is 0 Å². The number of hydrogen-bond acceptors (Lipinski definition) is 3. The highest BCUT2D eigenvalue weighted by Gasteiger charge is 2.23. The molecule has 0 aromatic carbocycles. The monoisotopic (exact) mass is 257 g/mol. The maximum Gasteiger partial charge on any atom is 0.146 e. The van der Waals surface area contributed by atoms with E-state index in [0.717, 1.165) is 16.0 Å². The van der Waals surface area contributed by atoms with Gasteiger partial charge in [0.25, 0.3) is 0 Å². The Balaban J connectivity index is 2.25. The first-order valence-corrected chi connectivity index (χ1v) is 5.73. The number of ketones is 1. The van der Waals surface area contributed by atoms with Crippen LogP contribution in [0, 0.1) is 0 Å². The maximum absolute atomic E-state index is 11.5. The quantitative estimate of drug-likeness (QED) is 0.725. The van der Waals surface area contributed by atoms with Gasteiger partial charge in [-0.15, -0.1) is 11.3 Å². The molecule has 0 fully saturated rings. The number of rotatable bonds is 1. The van der Waals surface area contributed by atoms with Crippen LogP contribution in [-0.4, -0.2) is 10.8 Å². The number of aromatic nitrogens is 1. The number of carbonyl (C=O) groups excluding carboxylic acids is 1. The SMILES string of the molecule is O=C1CC=CCC1c1nc(Br)cs1. The number of halogens is 1. The molecule has 0 aliphatic heterocycles. The molecule has 1 aliphatic carbocycles. The van der Waals surface area contributed by atoms with Gasteiger partial charge in [-0.2, -0.15) is 0 Å². The molecule has 1 atom stereocenters. The van der Waals surface area contributed by atoms with Crippen LogP contribution in [0.15, 0.2) is 22.1 Å². The minimum Gasteiger partial charge on any atom is -0.299 e.